The minimum atomic E-state index is -0.411. The maximum atomic E-state index is 13.5. The molecule has 0 saturated carbocycles. The number of para-hydroxylation sites is 1. The van der Waals surface area contributed by atoms with E-state index in [9.17, 15) is 9.18 Å². The molecule has 0 spiro atoms. The summed E-state index contributed by atoms with van der Waals surface area (Å²) in [5.41, 5.74) is 1.44. The lowest BCUT2D eigenvalue weighted by molar-refractivity contribution is -0.118. The number of carbonyl (C=O) groups is 1. The number of hydrogen-bond acceptors (Lipinski definition) is 2. The van der Waals surface area contributed by atoms with Crippen molar-refractivity contribution in [3.8, 4) is 0 Å². The molecule has 0 saturated heterocycles. The molecule has 4 nitrogen and oxygen atoms in total. The zero-order chi connectivity index (χ0) is 14.8. The predicted molar refractivity (Wildman–Crippen MR) is 79.4 cm³/mol. The fraction of sp³-hybridized carbons (Fsp3) is 0.312. The highest BCUT2D eigenvalue weighted by Crippen LogP contribution is 2.25. The first kappa shape index (κ1) is 13.8. The van der Waals surface area contributed by atoms with Gasteiger partial charge >= 0.3 is 0 Å². The third kappa shape index (κ3) is 2.83. The Kier molecular flexibility index (Phi) is 3.75. The van der Waals surface area contributed by atoms with Crippen LogP contribution in [0.25, 0.3) is 0 Å². The maximum absolute atomic E-state index is 13.5. The van der Waals surface area contributed by atoms with Gasteiger partial charge in [-0.3, -0.25) is 9.69 Å². The molecule has 1 aliphatic rings. The average Bonchev–Trinajstić information content (AvgIpc) is 2.94. The van der Waals surface area contributed by atoms with E-state index in [-0.39, 0.29) is 24.2 Å². The lowest BCUT2D eigenvalue weighted by Crippen LogP contribution is -2.41. The number of fused-ring (bicyclic) bond motifs is 1. The topological polar surface area (TPSA) is 37.3 Å². The van der Waals surface area contributed by atoms with Gasteiger partial charge in [0.2, 0.25) is 5.91 Å². The van der Waals surface area contributed by atoms with Crippen LogP contribution in [0.1, 0.15) is 18.7 Å². The van der Waals surface area contributed by atoms with Crippen molar-refractivity contribution in [2.45, 2.75) is 19.5 Å². The van der Waals surface area contributed by atoms with E-state index in [1.807, 2.05) is 6.07 Å². The second-order valence-corrected chi connectivity index (χ2v) is 5.30. The SMILES string of the molecule is CC1c2cccn2CCN1CC(=O)Nc1ccccc1F. The molecular formula is C16H18FN3O. The van der Waals surface area contributed by atoms with E-state index in [1.165, 1.54) is 11.8 Å². The second kappa shape index (κ2) is 5.69. The lowest BCUT2D eigenvalue weighted by atomic mass is 10.1. The summed E-state index contributed by atoms with van der Waals surface area (Å²) in [5, 5.41) is 2.63. The Morgan fingerprint density at radius 1 is 1.29 bits per heavy atom. The number of nitrogens with zero attached hydrogens (tertiary/aromatic N) is 2. The van der Waals surface area contributed by atoms with Crippen LogP contribution < -0.4 is 5.32 Å². The van der Waals surface area contributed by atoms with Crippen LogP contribution in [-0.4, -0.2) is 28.5 Å². The van der Waals surface area contributed by atoms with Gasteiger partial charge in [-0.25, -0.2) is 4.39 Å². The van der Waals surface area contributed by atoms with Gasteiger partial charge in [0, 0.05) is 31.0 Å². The highest BCUT2D eigenvalue weighted by atomic mass is 19.1. The molecule has 1 aliphatic heterocycles. The first-order valence-corrected chi connectivity index (χ1v) is 7.08. The number of halogens is 1. The van der Waals surface area contributed by atoms with Crippen molar-refractivity contribution in [1.29, 1.82) is 0 Å². The summed E-state index contributed by atoms with van der Waals surface area (Å²) >= 11 is 0. The van der Waals surface area contributed by atoms with Gasteiger partial charge in [0.25, 0.3) is 0 Å². The van der Waals surface area contributed by atoms with E-state index in [1.54, 1.807) is 18.2 Å². The molecule has 1 aromatic carbocycles. The summed E-state index contributed by atoms with van der Waals surface area (Å²) in [6, 6.07) is 10.5. The molecule has 1 atom stereocenters. The first-order chi connectivity index (χ1) is 10.1. The minimum Gasteiger partial charge on any atom is -0.349 e. The maximum Gasteiger partial charge on any atom is 0.238 e. The van der Waals surface area contributed by atoms with Crippen molar-refractivity contribution < 1.29 is 9.18 Å². The number of anilines is 1. The Labute approximate surface area is 123 Å². The number of aromatic nitrogens is 1. The van der Waals surface area contributed by atoms with E-state index in [4.69, 9.17) is 0 Å². The van der Waals surface area contributed by atoms with Crippen LogP contribution in [0.5, 0.6) is 0 Å². The van der Waals surface area contributed by atoms with Crippen molar-refractivity contribution in [2.24, 2.45) is 0 Å². The molecule has 1 N–H and O–H groups in total. The molecule has 1 amide bonds. The zero-order valence-corrected chi connectivity index (χ0v) is 11.9. The van der Waals surface area contributed by atoms with E-state index >= 15 is 0 Å². The third-order valence-electron chi connectivity index (χ3n) is 3.96. The van der Waals surface area contributed by atoms with Crippen molar-refractivity contribution >= 4 is 11.6 Å². The monoisotopic (exact) mass is 287 g/mol. The molecular weight excluding hydrogens is 269 g/mol. The minimum absolute atomic E-state index is 0.181. The van der Waals surface area contributed by atoms with E-state index < -0.39 is 5.82 Å². The molecule has 0 radical (unpaired) electrons. The van der Waals surface area contributed by atoms with Crippen LogP contribution in [0.2, 0.25) is 0 Å². The highest BCUT2D eigenvalue weighted by Gasteiger charge is 2.25. The first-order valence-electron chi connectivity index (χ1n) is 7.08. The largest absolute Gasteiger partial charge is 0.349 e. The zero-order valence-electron chi connectivity index (χ0n) is 11.9. The van der Waals surface area contributed by atoms with E-state index in [0.717, 1.165) is 13.1 Å². The smallest absolute Gasteiger partial charge is 0.238 e. The summed E-state index contributed by atoms with van der Waals surface area (Å²) in [6.07, 6.45) is 2.06. The van der Waals surface area contributed by atoms with Gasteiger partial charge in [0.05, 0.1) is 12.2 Å². The quantitative estimate of drug-likeness (QED) is 0.942. The van der Waals surface area contributed by atoms with Crippen molar-refractivity contribution in [1.82, 2.24) is 9.47 Å². The Morgan fingerprint density at radius 2 is 2.10 bits per heavy atom. The van der Waals surface area contributed by atoms with E-state index in [0.29, 0.717) is 0 Å². The standard InChI is InChI=1S/C16H18FN3O/c1-12-15-7-4-8-19(15)9-10-20(12)11-16(21)18-14-6-3-2-5-13(14)17/h2-8,12H,9-11H2,1H3,(H,18,21). The number of benzene rings is 1. The number of carbonyl (C=O) groups excluding carboxylic acids is 1. The van der Waals surface area contributed by atoms with Gasteiger partial charge < -0.3 is 9.88 Å². The molecule has 0 bridgehead atoms. The van der Waals surface area contributed by atoms with Crippen LogP contribution in [0.4, 0.5) is 10.1 Å². The van der Waals surface area contributed by atoms with Crippen molar-refractivity contribution in [3.05, 3.63) is 54.1 Å². The van der Waals surface area contributed by atoms with Gasteiger partial charge in [0.1, 0.15) is 5.82 Å². The molecule has 1 unspecified atom stereocenters. The normalized spacial score (nSPS) is 18.3. The summed E-state index contributed by atoms with van der Waals surface area (Å²) in [7, 11) is 0. The van der Waals surface area contributed by atoms with Gasteiger partial charge in [-0.1, -0.05) is 12.1 Å². The summed E-state index contributed by atoms with van der Waals surface area (Å²) in [5.74, 6) is -0.599. The number of rotatable bonds is 3. The number of amides is 1. The Hall–Kier alpha value is -2.14. The van der Waals surface area contributed by atoms with Crippen molar-refractivity contribution in [3.63, 3.8) is 0 Å². The van der Waals surface area contributed by atoms with Crippen LogP contribution in [0, 0.1) is 5.82 Å². The van der Waals surface area contributed by atoms with Crippen LogP contribution in [0.15, 0.2) is 42.6 Å². The molecule has 0 aliphatic carbocycles. The van der Waals surface area contributed by atoms with Gasteiger partial charge in [-0.15, -0.1) is 0 Å². The number of hydrogen-bond donors (Lipinski definition) is 1. The highest BCUT2D eigenvalue weighted by molar-refractivity contribution is 5.92. The van der Waals surface area contributed by atoms with Gasteiger partial charge in [-0.05, 0) is 31.2 Å². The van der Waals surface area contributed by atoms with Gasteiger partial charge in [0.15, 0.2) is 0 Å². The fourth-order valence-corrected chi connectivity index (χ4v) is 2.78. The molecule has 3 rings (SSSR count). The third-order valence-corrected chi connectivity index (χ3v) is 3.96. The summed E-state index contributed by atoms with van der Waals surface area (Å²) in [4.78, 5) is 14.2. The molecule has 2 aromatic rings. The molecule has 21 heavy (non-hydrogen) atoms. The van der Waals surface area contributed by atoms with E-state index in [2.05, 4.69) is 34.0 Å². The van der Waals surface area contributed by atoms with Crippen LogP contribution in [-0.2, 0) is 11.3 Å². The number of nitrogens with one attached hydrogen (secondary N) is 1. The Bertz CT molecular complexity index is 652. The predicted octanol–water partition coefficient (Wildman–Crippen LogP) is 2.64. The van der Waals surface area contributed by atoms with Crippen LogP contribution in [0.3, 0.4) is 0 Å². The molecule has 1 aromatic heterocycles. The van der Waals surface area contributed by atoms with Crippen molar-refractivity contribution in [2.75, 3.05) is 18.4 Å². The average molecular weight is 287 g/mol. The fourth-order valence-electron chi connectivity index (χ4n) is 2.78. The summed E-state index contributed by atoms with van der Waals surface area (Å²) in [6.45, 7) is 4.04. The molecule has 110 valence electrons. The molecule has 2 heterocycles. The Morgan fingerprint density at radius 3 is 2.90 bits per heavy atom. The lowest BCUT2D eigenvalue weighted by Gasteiger charge is -2.34. The Balaban J connectivity index is 1.65. The molecule has 5 heteroatoms. The van der Waals surface area contributed by atoms with Gasteiger partial charge in [-0.2, -0.15) is 0 Å². The molecule has 0 fully saturated rings. The summed E-state index contributed by atoms with van der Waals surface area (Å²) < 4.78 is 15.7. The van der Waals surface area contributed by atoms with Crippen LogP contribution >= 0.6 is 0 Å². The second-order valence-electron chi connectivity index (χ2n) is 5.30.